The third-order valence-electron chi connectivity index (χ3n) is 4.51. The molecule has 3 aliphatic heterocycles. The van der Waals surface area contributed by atoms with Crippen LogP contribution in [0.25, 0.3) is 0 Å². The molecule has 2 aromatic rings. The van der Waals surface area contributed by atoms with Gasteiger partial charge in [0, 0.05) is 0 Å². The first-order valence-electron chi connectivity index (χ1n) is 7.80. The number of anilines is 2. The van der Waals surface area contributed by atoms with Crippen LogP contribution in [0.5, 0.6) is 11.5 Å². The summed E-state index contributed by atoms with van der Waals surface area (Å²) in [7, 11) is 0. The topological polar surface area (TPSA) is 57.2 Å². The molecule has 4 atom stereocenters. The highest BCUT2D eigenvalue weighted by Crippen LogP contribution is 2.48. The van der Waals surface area contributed by atoms with Crippen molar-refractivity contribution in [2.75, 3.05) is 18.1 Å². The molecular weight excluding hydrogens is 330 g/mol. The molecule has 2 fully saturated rings. The van der Waals surface area contributed by atoms with Gasteiger partial charge >= 0.3 is 11.4 Å². The maximum Gasteiger partial charge on any atom is 0.305 e. The summed E-state index contributed by atoms with van der Waals surface area (Å²) in [5.41, 5.74) is 1.87. The number of fused-ring (bicyclic) bond motifs is 3. The Morgan fingerprint density at radius 2 is 1.58 bits per heavy atom. The lowest BCUT2D eigenvalue weighted by Crippen LogP contribution is -2.54. The molecule has 5 rings (SSSR count). The molecule has 0 saturated carbocycles. The van der Waals surface area contributed by atoms with Gasteiger partial charge < -0.3 is 14.4 Å². The van der Waals surface area contributed by atoms with Crippen molar-refractivity contribution in [2.45, 2.75) is 18.2 Å². The Kier molecular flexibility index (Phi) is 3.34. The van der Waals surface area contributed by atoms with Crippen molar-refractivity contribution in [2.24, 2.45) is 0 Å². The highest BCUT2D eigenvalue weighted by molar-refractivity contribution is 7.75. The van der Waals surface area contributed by atoms with Gasteiger partial charge in [-0.25, -0.2) is 0 Å². The first-order valence-corrected chi connectivity index (χ1v) is 8.80. The Morgan fingerprint density at radius 1 is 0.917 bits per heavy atom. The Labute approximate surface area is 141 Å². The fraction of sp³-hybridized carbons (Fsp3) is 0.294. The minimum atomic E-state index is -1.72. The summed E-state index contributed by atoms with van der Waals surface area (Å²) >= 11 is -1.72. The molecule has 3 aliphatic rings. The largest absolute Gasteiger partial charge is 0.453 e. The van der Waals surface area contributed by atoms with E-state index in [1.54, 1.807) is 0 Å². The molecule has 0 spiro atoms. The summed E-state index contributed by atoms with van der Waals surface area (Å²) in [6.07, 6.45) is -0.648. The third-order valence-corrected chi connectivity index (χ3v) is 5.29. The van der Waals surface area contributed by atoms with E-state index in [-0.39, 0.29) is 18.2 Å². The summed E-state index contributed by atoms with van der Waals surface area (Å²) in [6.45, 7) is 0.852. The van der Waals surface area contributed by atoms with E-state index in [1.807, 2.05) is 48.5 Å². The van der Waals surface area contributed by atoms with Crippen molar-refractivity contribution < 1.29 is 22.0 Å². The zero-order valence-corrected chi connectivity index (χ0v) is 13.5. The third kappa shape index (κ3) is 2.16. The number of ether oxygens (including phenoxy) is 2. The molecule has 0 amide bonds. The van der Waals surface area contributed by atoms with Gasteiger partial charge in [0.05, 0.1) is 30.6 Å². The van der Waals surface area contributed by atoms with Crippen molar-refractivity contribution in [3.05, 3.63) is 48.5 Å². The number of nitrogens with zero attached hydrogens (tertiary/aromatic N) is 1. The zero-order valence-electron chi connectivity index (χ0n) is 12.7. The lowest BCUT2D eigenvalue weighted by molar-refractivity contribution is -0.0329. The SMILES string of the molecule is O=S1O[C@H]2[C@H](N3c4ccccc4Oc4ccccc43)COC[C@H]2O1. The smallest absolute Gasteiger partial charge is 0.305 e. The van der Waals surface area contributed by atoms with Crippen molar-refractivity contribution in [3.8, 4) is 11.5 Å². The summed E-state index contributed by atoms with van der Waals surface area (Å²) in [6, 6.07) is 15.5. The molecule has 0 bridgehead atoms. The van der Waals surface area contributed by atoms with E-state index >= 15 is 0 Å². The van der Waals surface area contributed by atoms with Crippen LogP contribution in [0.4, 0.5) is 11.4 Å². The minimum absolute atomic E-state index is 0.151. The van der Waals surface area contributed by atoms with Crippen LogP contribution in [-0.2, 0) is 24.5 Å². The molecule has 2 saturated heterocycles. The predicted octanol–water partition coefficient (Wildman–Crippen LogP) is 2.69. The van der Waals surface area contributed by atoms with Crippen LogP contribution in [0.2, 0.25) is 0 Å². The Morgan fingerprint density at radius 3 is 2.29 bits per heavy atom. The van der Waals surface area contributed by atoms with Gasteiger partial charge in [-0.15, -0.1) is 0 Å². The van der Waals surface area contributed by atoms with Gasteiger partial charge in [0.25, 0.3) is 0 Å². The van der Waals surface area contributed by atoms with Crippen LogP contribution in [0.15, 0.2) is 48.5 Å². The molecule has 1 unspecified atom stereocenters. The van der Waals surface area contributed by atoms with Crippen LogP contribution in [0, 0.1) is 0 Å². The number of para-hydroxylation sites is 4. The molecular formula is C17H15NO5S. The van der Waals surface area contributed by atoms with E-state index in [0.29, 0.717) is 13.2 Å². The fourth-order valence-electron chi connectivity index (χ4n) is 3.48. The molecule has 24 heavy (non-hydrogen) atoms. The molecule has 7 heteroatoms. The predicted molar refractivity (Wildman–Crippen MR) is 87.6 cm³/mol. The molecule has 124 valence electrons. The maximum absolute atomic E-state index is 11.7. The van der Waals surface area contributed by atoms with Gasteiger partial charge in [-0.05, 0) is 24.3 Å². The van der Waals surface area contributed by atoms with E-state index in [9.17, 15) is 4.21 Å². The van der Waals surface area contributed by atoms with E-state index in [0.717, 1.165) is 22.9 Å². The summed E-state index contributed by atoms with van der Waals surface area (Å²) < 4.78 is 34.3. The minimum Gasteiger partial charge on any atom is -0.453 e. The summed E-state index contributed by atoms with van der Waals surface area (Å²) in [5, 5.41) is 0. The number of hydrogen-bond acceptors (Lipinski definition) is 6. The van der Waals surface area contributed by atoms with Crippen LogP contribution < -0.4 is 9.64 Å². The lowest BCUT2D eigenvalue weighted by atomic mass is 9.99. The second kappa shape index (κ2) is 5.56. The molecule has 0 radical (unpaired) electrons. The van der Waals surface area contributed by atoms with Crippen molar-refractivity contribution >= 4 is 22.7 Å². The molecule has 6 nitrogen and oxygen atoms in total. The first kappa shape index (κ1) is 14.4. The second-order valence-corrected chi connectivity index (χ2v) is 6.71. The van der Waals surface area contributed by atoms with Gasteiger partial charge in [-0.1, -0.05) is 24.3 Å². The normalized spacial score (nSPS) is 30.9. The lowest BCUT2D eigenvalue weighted by Gasteiger charge is -2.42. The quantitative estimate of drug-likeness (QED) is 0.792. The van der Waals surface area contributed by atoms with Gasteiger partial charge in [0.2, 0.25) is 0 Å². The summed E-state index contributed by atoms with van der Waals surface area (Å²) in [4.78, 5) is 2.15. The van der Waals surface area contributed by atoms with Crippen LogP contribution in [0.1, 0.15) is 0 Å². The van der Waals surface area contributed by atoms with Gasteiger partial charge in [-0.3, -0.25) is 8.37 Å². The first-order chi connectivity index (χ1) is 11.8. The monoisotopic (exact) mass is 345 g/mol. The van der Waals surface area contributed by atoms with Gasteiger partial charge in [0.1, 0.15) is 12.2 Å². The Bertz CT molecular complexity index is 768. The second-order valence-electron chi connectivity index (χ2n) is 5.91. The van der Waals surface area contributed by atoms with E-state index < -0.39 is 11.4 Å². The number of hydrogen-bond donors (Lipinski definition) is 0. The standard InChI is InChI=1S/C17H15NO5S/c19-24-22-16-10-20-9-13(17(16)23-24)18-11-5-1-3-7-14(11)21-15-8-4-2-6-12(15)18/h1-8,13,16-17H,9-10H2/t13-,16-,17+,24?/m1/s1. The van der Waals surface area contributed by atoms with E-state index in [4.69, 9.17) is 17.8 Å². The highest BCUT2D eigenvalue weighted by atomic mass is 32.2. The molecule has 2 aromatic carbocycles. The van der Waals surface area contributed by atoms with Crippen LogP contribution >= 0.6 is 0 Å². The maximum atomic E-state index is 11.7. The van der Waals surface area contributed by atoms with E-state index in [2.05, 4.69) is 4.90 Å². The van der Waals surface area contributed by atoms with Gasteiger partial charge in [0.15, 0.2) is 11.5 Å². The average Bonchev–Trinajstić information content (AvgIpc) is 3.00. The van der Waals surface area contributed by atoms with Crippen molar-refractivity contribution in [1.29, 1.82) is 0 Å². The van der Waals surface area contributed by atoms with E-state index in [1.165, 1.54) is 0 Å². The van der Waals surface area contributed by atoms with Crippen molar-refractivity contribution in [1.82, 2.24) is 0 Å². The van der Waals surface area contributed by atoms with Crippen molar-refractivity contribution in [3.63, 3.8) is 0 Å². The highest BCUT2D eigenvalue weighted by Gasteiger charge is 2.48. The molecule has 0 aromatic heterocycles. The average molecular weight is 345 g/mol. The Hall–Kier alpha value is -1.93. The zero-order chi connectivity index (χ0) is 16.1. The van der Waals surface area contributed by atoms with Crippen LogP contribution in [-0.4, -0.2) is 35.7 Å². The molecule has 3 heterocycles. The van der Waals surface area contributed by atoms with Crippen LogP contribution in [0.3, 0.4) is 0 Å². The molecule has 0 N–H and O–H groups in total. The van der Waals surface area contributed by atoms with Gasteiger partial charge in [-0.2, -0.15) is 4.21 Å². The fourth-order valence-corrected chi connectivity index (χ4v) is 4.32. The Balaban J connectivity index is 1.63. The number of benzene rings is 2. The molecule has 0 aliphatic carbocycles. The number of rotatable bonds is 1. The summed E-state index contributed by atoms with van der Waals surface area (Å²) in [5.74, 6) is 1.55.